The molecular weight excluding hydrogens is 464 g/mol. The average molecular weight is 487 g/mol. The molecule has 5 rings (SSSR count). The lowest BCUT2D eigenvalue weighted by atomic mass is 9.74. The molecule has 8 heteroatoms. The third-order valence-electron chi connectivity index (χ3n) is 6.91. The van der Waals surface area contributed by atoms with Crippen LogP contribution in [0, 0.1) is 17.8 Å². The predicted octanol–water partition coefficient (Wildman–Crippen LogP) is 3.26. The van der Waals surface area contributed by atoms with E-state index in [1.807, 2.05) is 24.3 Å². The van der Waals surface area contributed by atoms with Crippen LogP contribution in [-0.4, -0.2) is 53.7 Å². The van der Waals surface area contributed by atoms with E-state index < -0.39 is 29.4 Å². The Bertz CT molecular complexity index is 1010. The summed E-state index contributed by atoms with van der Waals surface area (Å²) in [6, 6.07) is 8.08. The zero-order valence-corrected chi connectivity index (χ0v) is 18.8. The van der Waals surface area contributed by atoms with Crippen LogP contribution in [0.25, 0.3) is 0 Å². The minimum Gasteiger partial charge on any atom is -0.466 e. The molecule has 0 bridgehead atoms. The number of esters is 1. The van der Waals surface area contributed by atoms with E-state index in [9.17, 15) is 14.4 Å². The third-order valence-corrected chi connectivity index (χ3v) is 7.44. The Hall–Kier alpha value is -2.45. The van der Waals surface area contributed by atoms with Gasteiger partial charge in [0, 0.05) is 22.4 Å². The molecular formula is C23H23BrN2O5. The van der Waals surface area contributed by atoms with Gasteiger partial charge in [-0.1, -0.05) is 46.3 Å². The number of benzene rings is 1. The Balaban J connectivity index is 1.65. The fourth-order valence-electron chi connectivity index (χ4n) is 5.67. The van der Waals surface area contributed by atoms with Crippen molar-refractivity contribution in [2.45, 2.75) is 31.5 Å². The molecule has 31 heavy (non-hydrogen) atoms. The van der Waals surface area contributed by atoms with Gasteiger partial charge in [-0.3, -0.25) is 9.59 Å². The van der Waals surface area contributed by atoms with Crippen molar-refractivity contribution < 1.29 is 23.9 Å². The number of allylic oxidation sites excluding steroid dienone is 2. The van der Waals surface area contributed by atoms with Gasteiger partial charge in [-0.05, 0) is 32.1 Å². The molecule has 1 aromatic rings. The van der Waals surface area contributed by atoms with Crippen molar-refractivity contribution in [1.82, 2.24) is 4.90 Å². The number of anilines is 1. The third kappa shape index (κ3) is 2.77. The molecule has 4 aliphatic rings. The van der Waals surface area contributed by atoms with E-state index in [1.54, 1.807) is 43.0 Å². The molecule has 3 fully saturated rings. The van der Waals surface area contributed by atoms with Crippen LogP contribution in [0.4, 0.5) is 10.5 Å². The fraction of sp³-hybridized carbons (Fsp3) is 0.435. The zero-order chi connectivity index (χ0) is 21.9. The van der Waals surface area contributed by atoms with E-state index in [4.69, 9.17) is 9.47 Å². The summed E-state index contributed by atoms with van der Waals surface area (Å²) < 4.78 is 12.3. The Morgan fingerprint density at radius 2 is 2.03 bits per heavy atom. The average Bonchev–Trinajstić information content (AvgIpc) is 3.14. The van der Waals surface area contributed by atoms with E-state index in [0.717, 1.165) is 4.48 Å². The van der Waals surface area contributed by atoms with Gasteiger partial charge in [-0.2, -0.15) is 0 Å². The normalized spacial score (nSPS) is 36.1. The zero-order valence-electron chi connectivity index (χ0n) is 17.2. The summed E-state index contributed by atoms with van der Waals surface area (Å²) in [5.41, 5.74) is -0.843. The number of ether oxygens (including phenoxy) is 2. The Kier molecular flexibility index (Phi) is 4.82. The topological polar surface area (TPSA) is 76.2 Å². The van der Waals surface area contributed by atoms with E-state index >= 15 is 0 Å². The van der Waals surface area contributed by atoms with Crippen LogP contribution in [0.1, 0.15) is 13.8 Å². The molecule has 6 atom stereocenters. The molecule has 3 aliphatic heterocycles. The van der Waals surface area contributed by atoms with Gasteiger partial charge in [0.25, 0.3) is 5.91 Å². The number of rotatable bonds is 3. The number of carbonyl (C=O) groups is 3. The van der Waals surface area contributed by atoms with Gasteiger partial charge in [0.15, 0.2) is 0 Å². The SMILES string of the molecule is CCOC(=O)[C@@H]1[C@H]2COC3C=CC(Br)=CC3[C@@H]2N2C(=O)N(c3ccccc3)C(=O)[C@@]12C. The minimum atomic E-state index is -1.34. The van der Waals surface area contributed by atoms with Crippen LogP contribution in [0.3, 0.4) is 0 Å². The second-order valence-electron chi connectivity index (χ2n) is 8.45. The first kappa shape index (κ1) is 20.5. The molecule has 0 spiro atoms. The predicted molar refractivity (Wildman–Crippen MR) is 116 cm³/mol. The second-order valence-corrected chi connectivity index (χ2v) is 9.36. The standard InChI is InChI=1S/C23H23BrN2O5/c1-3-30-20(27)18-16-12-31-17-10-9-13(24)11-15(17)19(16)26-22(29)25(21(28)23(18,26)2)14-7-5-4-6-8-14/h4-11,15-19H,3,12H2,1-2H3/t15?,16-,17?,18+,19+,23-/m1/s1. The first-order chi connectivity index (χ1) is 14.9. The van der Waals surface area contributed by atoms with Gasteiger partial charge in [0.2, 0.25) is 0 Å². The van der Waals surface area contributed by atoms with Crippen LogP contribution in [-0.2, 0) is 19.1 Å². The number of para-hydroxylation sites is 1. The number of carbonyl (C=O) groups excluding carboxylic acids is 3. The number of nitrogens with zero attached hydrogens (tertiary/aromatic N) is 2. The van der Waals surface area contributed by atoms with Crippen LogP contribution in [0.15, 0.2) is 53.0 Å². The Morgan fingerprint density at radius 1 is 1.29 bits per heavy atom. The van der Waals surface area contributed by atoms with Crippen molar-refractivity contribution in [1.29, 1.82) is 0 Å². The summed E-state index contributed by atoms with van der Waals surface area (Å²) in [5.74, 6) is -2.18. The summed E-state index contributed by atoms with van der Waals surface area (Å²) in [5, 5.41) is 0. The molecule has 0 aromatic heterocycles. The number of hydrogen-bond donors (Lipinski definition) is 0. The molecule has 2 unspecified atom stereocenters. The highest BCUT2D eigenvalue weighted by molar-refractivity contribution is 9.11. The summed E-state index contributed by atoms with van der Waals surface area (Å²) in [6.45, 7) is 3.92. The van der Waals surface area contributed by atoms with Gasteiger partial charge in [-0.15, -0.1) is 0 Å². The molecule has 3 saturated heterocycles. The van der Waals surface area contributed by atoms with Gasteiger partial charge in [-0.25, -0.2) is 9.69 Å². The van der Waals surface area contributed by atoms with E-state index in [2.05, 4.69) is 15.9 Å². The molecule has 1 aliphatic carbocycles. The van der Waals surface area contributed by atoms with Crippen LogP contribution < -0.4 is 4.90 Å². The lowest BCUT2D eigenvalue weighted by molar-refractivity contribution is -0.156. The highest BCUT2D eigenvalue weighted by Gasteiger charge is 2.73. The fourth-order valence-corrected chi connectivity index (χ4v) is 6.13. The summed E-state index contributed by atoms with van der Waals surface area (Å²) in [6.07, 6.45) is 5.67. The number of urea groups is 1. The molecule has 162 valence electrons. The van der Waals surface area contributed by atoms with Crippen molar-refractivity contribution in [3.05, 3.63) is 53.0 Å². The first-order valence-electron chi connectivity index (χ1n) is 10.5. The van der Waals surface area contributed by atoms with Crippen molar-refractivity contribution in [2.24, 2.45) is 17.8 Å². The van der Waals surface area contributed by atoms with Gasteiger partial charge in [0.05, 0.1) is 30.9 Å². The van der Waals surface area contributed by atoms with Crippen LogP contribution in [0.2, 0.25) is 0 Å². The molecule has 3 heterocycles. The van der Waals surface area contributed by atoms with E-state index in [1.165, 1.54) is 4.90 Å². The second kappa shape index (κ2) is 7.31. The molecule has 0 radical (unpaired) electrons. The molecule has 3 amide bonds. The maximum Gasteiger partial charge on any atom is 0.332 e. The van der Waals surface area contributed by atoms with Gasteiger partial charge in [0.1, 0.15) is 5.54 Å². The van der Waals surface area contributed by atoms with Crippen molar-refractivity contribution in [3.8, 4) is 0 Å². The van der Waals surface area contributed by atoms with Crippen LogP contribution >= 0.6 is 15.9 Å². The summed E-state index contributed by atoms with van der Waals surface area (Å²) in [7, 11) is 0. The number of hydrogen-bond acceptors (Lipinski definition) is 5. The first-order valence-corrected chi connectivity index (χ1v) is 11.3. The Morgan fingerprint density at radius 3 is 2.74 bits per heavy atom. The number of fused-ring (bicyclic) bond motifs is 5. The van der Waals surface area contributed by atoms with Crippen molar-refractivity contribution in [3.63, 3.8) is 0 Å². The lowest BCUT2D eigenvalue weighted by Crippen LogP contribution is -2.53. The smallest absolute Gasteiger partial charge is 0.332 e. The van der Waals surface area contributed by atoms with Gasteiger partial charge < -0.3 is 14.4 Å². The molecule has 0 saturated carbocycles. The molecule has 1 aromatic carbocycles. The highest BCUT2D eigenvalue weighted by atomic mass is 79.9. The molecule has 0 N–H and O–H groups in total. The van der Waals surface area contributed by atoms with Gasteiger partial charge >= 0.3 is 12.0 Å². The quantitative estimate of drug-likeness (QED) is 0.484. The number of imide groups is 1. The van der Waals surface area contributed by atoms with Crippen molar-refractivity contribution in [2.75, 3.05) is 18.1 Å². The maximum atomic E-state index is 13.8. The van der Waals surface area contributed by atoms with E-state index in [0.29, 0.717) is 5.69 Å². The Labute approximate surface area is 188 Å². The largest absolute Gasteiger partial charge is 0.466 e. The minimum absolute atomic E-state index is 0.177. The molecule has 7 nitrogen and oxygen atoms in total. The monoisotopic (exact) mass is 486 g/mol. The number of amides is 3. The summed E-state index contributed by atoms with van der Waals surface area (Å²) >= 11 is 3.52. The van der Waals surface area contributed by atoms with E-state index in [-0.39, 0.29) is 37.2 Å². The highest BCUT2D eigenvalue weighted by Crippen LogP contribution is 2.55. The maximum absolute atomic E-state index is 13.8. The summed E-state index contributed by atoms with van der Waals surface area (Å²) in [4.78, 5) is 43.5. The lowest BCUT2D eigenvalue weighted by Gasteiger charge is -2.42. The van der Waals surface area contributed by atoms with Crippen LogP contribution in [0.5, 0.6) is 0 Å². The van der Waals surface area contributed by atoms with Crippen molar-refractivity contribution >= 4 is 39.5 Å². The number of halogens is 1.